The average Bonchev–Trinajstić information content (AvgIpc) is 2.91. The first-order valence-corrected chi connectivity index (χ1v) is 13.2. The van der Waals surface area contributed by atoms with Crippen molar-refractivity contribution >= 4 is 34.8 Å². The SMILES string of the molecule is COCCN[C@H]1CC[C@H](Nc2cc(-c3nc(NCC4(C#N)CCOCC4)cnc3Cl)c(Cl)cn2)CC1. The molecule has 36 heavy (non-hydrogen) atoms. The van der Waals surface area contributed by atoms with E-state index in [0.29, 0.717) is 66.8 Å². The zero-order valence-corrected chi connectivity index (χ0v) is 22.0. The van der Waals surface area contributed by atoms with Crippen molar-refractivity contribution in [3.05, 3.63) is 28.6 Å². The van der Waals surface area contributed by atoms with Gasteiger partial charge in [-0.15, -0.1) is 0 Å². The molecule has 2 aliphatic rings. The molecule has 2 aromatic heterocycles. The normalized spacial score (nSPS) is 21.5. The molecule has 11 heteroatoms. The fourth-order valence-electron chi connectivity index (χ4n) is 4.70. The molecule has 194 valence electrons. The van der Waals surface area contributed by atoms with Crippen molar-refractivity contribution in [2.75, 3.05) is 50.7 Å². The molecule has 0 bridgehead atoms. The first-order valence-electron chi connectivity index (χ1n) is 12.4. The monoisotopic (exact) mass is 533 g/mol. The fraction of sp³-hybridized carbons (Fsp3) is 0.600. The third-order valence-electron chi connectivity index (χ3n) is 6.95. The molecule has 0 radical (unpaired) electrons. The highest BCUT2D eigenvalue weighted by Gasteiger charge is 2.32. The van der Waals surface area contributed by atoms with Crippen LogP contribution in [0.1, 0.15) is 38.5 Å². The maximum Gasteiger partial charge on any atom is 0.155 e. The van der Waals surface area contributed by atoms with Crippen LogP contribution in [-0.2, 0) is 9.47 Å². The van der Waals surface area contributed by atoms with Gasteiger partial charge >= 0.3 is 0 Å². The quantitative estimate of drug-likeness (QED) is 0.378. The number of halogens is 2. The number of aromatic nitrogens is 3. The Labute approximate surface area is 222 Å². The Kier molecular flexibility index (Phi) is 9.57. The molecule has 1 saturated carbocycles. The van der Waals surface area contributed by atoms with Crippen molar-refractivity contribution < 1.29 is 9.47 Å². The summed E-state index contributed by atoms with van der Waals surface area (Å²) < 4.78 is 10.5. The minimum atomic E-state index is -0.483. The van der Waals surface area contributed by atoms with Crippen LogP contribution < -0.4 is 16.0 Å². The lowest BCUT2D eigenvalue weighted by atomic mass is 9.82. The summed E-state index contributed by atoms with van der Waals surface area (Å²) in [4.78, 5) is 13.5. The van der Waals surface area contributed by atoms with Gasteiger partial charge in [0.05, 0.1) is 29.3 Å². The molecule has 1 aliphatic carbocycles. The predicted octanol–water partition coefficient (Wildman–Crippen LogP) is 4.54. The number of nitriles is 1. The lowest BCUT2D eigenvalue weighted by Gasteiger charge is -2.30. The van der Waals surface area contributed by atoms with E-state index in [4.69, 9.17) is 32.7 Å². The van der Waals surface area contributed by atoms with E-state index in [-0.39, 0.29) is 5.15 Å². The summed E-state index contributed by atoms with van der Waals surface area (Å²) >= 11 is 12.9. The average molecular weight is 534 g/mol. The molecule has 4 rings (SSSR count). The lowest BCUT2D eigenvalue weighted by Crippen LogP contribution is -2.38. The number of nitrogens with zero attached hydrogens (tertiary/aromatic N) is 4. The number of methoxy groups -OCH3 is 1. The van der Waals surface area contributed by atoms with Gasteiger partial charge in [0.1, 0.15) is 17.3 Å². The van der Waals surface area contributed by atoms with E-state index >= 15 is 0 Å². The number of anilines is 2. The number of nitrogens with one attached hydrogen (secondary N) is 3. The van der Waals surface area contributed by atoms with Crippen LogP contribution in [0.3, 0.4) is 0 Å². The van der Waals surface area contributed by atoms with Crippen molar-refractivity contribution in [3.63, 3.8) is 0 Å². The van der Waals surface area contributed by atoms with E-state index in [1.807, 2.05) is 6.07 Å². The Balaban J connectivity index is 1.42. The van der Waals surface area contributed by atoms with Crippen molar-refractivity contribution in [1.82, 2.24) is 20.3 Å². The molecule has 3 heterocycles. The van der Waals surface area contributed by atoms with Gasteiger partial charge < -0.3 is 25.4 Å². The summed E-state index contributed by atoms with van der Waals surface area (Å²) in [5.74, 6) is 1.27. The first kappa shape index (κ1) is 26.8. The summed E-state index contributed by atoms with van der Waals surface area (Å²) in [6.45, 7) is 3.24. The molecule has 3 N–H and O–H groups in total. The van der Waals surface area contributed by atoms with Crippen molar-refractivity contribution in [2.45, 2.75) is 50.6 Å². The largest absolute Gasteiger partial charge is 0.383 e. The van der Waals surface area contributed by atoms with Crippen molar-refractivity contribution in [2.24, 2.45) is 5.41 Å². The minimum Gasteiger partial charge on any atom is -0.383 e. The maximum atomic E-state index is 9.72. The first-order chi connectivity index (χ1) is 17.5. The van der Waals surface area contributed by atoms with E-state index in [0.717, 1.165) is 44.7 Å². The number of rotatable bonds is 10. The van der Waals surface area contributed by atoms with Crippen molar-refractivity contribution in [3.8, 4) is 17.3 Å². The molecule has 0 amide bonds. The van der Waals surface area contributed by atoms with E-state index < -0.39 is 5.41 Å². The Morgan fingerprint density at radius 3 is 2.58 bits per heavy atom. The molecular formula is C25H33Cl2N7O2. The Hall–Kier alpha value is -2.22. The molecule has 1 saturated heterocycles. The zero-order chi connectivity index (χ0) is 25.4. The molecule has 0 aromatic carbocycles. The molecule has 1 aliphatic heterocycles. The number of hydrogen-bond donors (Lipinski definition) is 3. The zero-order valence-electron chi connectivity index (χ0n) is 20.5. The minimum absolute atomic E-state index is 0.253. The summed E-state index contributed by atoms with van der Waals surface area (Å²) in [6.07, 6.45) is 8.85. The highest BCUT2D eigenvalue weighted by Crippen LogP contribution is 2.34. The molecule has 0 spiro atoms. The van der Waals surface area contributed by atoms with Crippen LogP contribution in [0.2, 0.25) is 10.2 Å². The van der Waals surface area contributed by atoms with E-state index in [9.17, 15) is 5.26 Å². The number of ether oxygens (including phenoxy) is 2. The van der Waals surface area contributed by atoms with Gasteiger partial charge in [-0.1, -0.05) is 23.2 Å². The lowest BCUT2D eigenvalue weighted by molar-refractivity contribution is 0.0455. The van der Waals surface area contributed by atoms with Crippen LogP contribution in [0.15, 0.2) is 18.5 Å². The third-order valence-corrected chi connectivity index (χ3v) is 7.53. The van der Waals surface area contributed by atoms with E-state index in [1.165, 1.54) is 0 Å². The van der Waals surface area contributed by atoms with Crippen LogP contribution in [0.4, 0.5) is 11.6 Å². The summed E-state index contributed by atoms with van der Waals surface area (Å²) in [5.41, 5.74) is 0.649. The smallest absolute Gasteiger partial charge is 0.155 e. The van der Waals surface area contributed by atoms with Crippen LogP contribution in [0, 0.1) is 16.7 Å². The summed E-state index contributed by atoms with van der Waals surface area (Å²) in [7, 11) is 1.72. The number of hydrogen-bond acceptors (Lipinski definition) is 9. The topological polar surface area (TPSA) is 117 Å². The van der Waals surface area contributed by atoms with Gasteiger partial charge in [-0.05, 0) is 44.6 Å². The highest BCUT2D eigenvalue weighted by atomic mass is 35.5. The second-order valence-corrected chi connectivity index (χ2v) is 10.2. The predicted molar refractivity (Wildman–Crippen MR) is 141 cm³/mol. The van der Waals surface area contributed by atoms with E-state index in [1.54, 1.807) is 19.5 Å². The van der Waals surface area contributed by atoms with Crippen LogP contribution in [-0.4, -0.2) is 67.1 Å². The molecule has 9 nitrogen and oxygen atoms in total. The van der Waals surface area contributed by atoms with Crippen LogP contribution in [0.25, 0.3) is 11.3 Å². The molecular weight excluding hydrogens is 501 g/mol. The Morgan fingerprint density at radius 2 is 1.86 bits per heavy atom. The second-order valence-electron chi connectivity index (χ2n) is 9.44. The number of pyridine rings is 1. The summed E-state index contributed by atoms with van der Waals surface area (Å²) in [6, 6.07) is 5.19. The Bertz CT molecular complexity index is 1050. The second kappa shape index (κ2) is 12.8. The maximum absolute atomic E-state index is 9.72. The van der Waals surface area contributed by atoms with Crippen LogP contribution in [0.5, 0.6) is 0 Å². The van der Waals surface area contributed by atoms with Crippen LogP contribution >= 0.6 is 23.2 Å². The molecule has 2 aromatic rings. The van der Waals surface area contributed by atoms with E-state index in [2.05, 4.69) is 37.0 Å². The van der Waals surface area contributed by atoms with Crippen molar-refractivity contribution in [1.29, 1.82) is 5.26 Å². The summed E-state index contributed by atoms with van der Waals surface area (Å²) in [5, 5.41) is 20.8. The standard InChI is InChI=1S/C25H33Cl2N7O2/c1-35-11-8-29-17-2-4-18(5-3-17)33-21-12-19(20(26)13-30-21)23-24(27)31-14-22(34-23)32-16-25(15-28)6-9-36-10-7-25/h12-14,17-18,29H,2-11,16H2,1H3,(H,30,33)(H,32,34)/t17-,18-. The fourth-order valence-corrected chi connectivity index (χ4v) is 5.08. The van der Waals surface area contributed by atoms with Gasteiger partial charge in [0.2, 0.25) is 0 Å². The van der Waals surface area contributed by atoms with Gasteiger partial charge in [0.25, 0.3) is 0 Å². The van der Waals surface area contributed by atoms with Gasteiger partial charge in [0, 0.05) is 57.3 Å². The van der Waals surface area contributed by atoms with Gasteiger partial charge in [0.15, 0.2) is 5.15 Å². The highest BCUT2D eigenvalue weighted by molar-refractivity contribution is 6.35. The molecule has 2 fully saturated rings. The molecule has 0 atom stereocenters. The Morgan fingerprint density at radius 1 is 1.11 bits per heavy atom. The van der Waals surface area contributed by atoms with Gasteiger partial charge in [-0.2, -0.15) is 5.26 Å². The van der Waals surface area contributed by atoms with Gasteiger partial charge in [-0.3, -0.25) is 0 Å². The third kappa shape index (κ3) is 6.96. The van der Waals surface area contributed by atoms with Gasteiger partial charge in [-0.25, -0.2) is 15.0 Å². The molecule has 0 unspecified atom stereocenters.